The van der Waals surface area contributed by atoms with Gasteiger partial charge < -0.3 is 19.1 Å². The second-order valence-electron chi connectivity index (χ2n) is 26.7. The number of nitrogens with zero attached hydrogens (tertiary/aromatic N) is 3. The lowest BCUT2D eigenvalue weighted by Crippen LogP contribution is -2.61. The molecule has 2 aliphatic heterocycles. The Balaban J connectivity index is 1.04. The van der Waals surface area contributed by atoms with Gasteiger partial charge in [0.2, 0.25) is 0 Å². The van der Waals surface area contributed by atoms with Crippen molar-refractivity contribution in [2.24, 2.45) is 0 Å². The zero-order valence-electron chi connectivity index (χ0n) is 50.8. The molecule has 0 amide bonds. The predicted octanol–water partition coefficient (Wildman–Crippen LogP) is 20.6. The van der Waals surface area contributed by atoms with Gasteiger partial charge in [-0.2, -0.15) is 0 Å². The Morgan fingerprint density at radius 3 is 1.49 bits per heavy atom. The lowest BCUT2D eigenvalue weighted by Gasteiger charge is -2.45. The monoisotopic (exact) mass is 1100 g/mol. The molecule has 0 fully saturated rings. The van der Waals surface area contributed by atoms with Crippen LogP contribution in [-0.2, 0) is 16.2 Å². The highest BCUT2D eigenvalue weighted by atomic mass is 16.3. The van der Waals surface area contributed by atoms with Crippen LogP contribution in [0.25, 0.3) is 55.3 Å². The maximum Gasteiger partial charge on any atom is 0.252 e. The fourth-order valence-corrected chi connectivity index (χ4v) is 13.5. The molecule has 4 nitrogen and oxygen atoms in total. The van der Waals surface area contributed by atoms with Crippen LogP contribution in [0.1, 0.15) is 90.1 Å². The summed E-state index contributed by atoms with van der Waals surface area (Å²) >= 11 is 0. The van der Waals surface area contributed by atoms with Crippen molar-refractivity contribution in [2.75, 3.05) is 14.7 Å². The first-order chi connectivity index (χ1) is 40.9. The minimum atomic E-state index is -0.202. The minimum Gasteiger partial charge on any atom is -0.456 e. The van der Waals surface area contributed by atoms with E-state index in [1.165, 1.54) is 83.5 Å². The first kappa shape index (κ1) is 53.7. The highest BCUT2D eigenvalue weighted by Gasteiger charge is 2.45. The van der Waals surface area contributed by atoms with Crippen LogP contribution in [0.2, 0.25) is 0 Å². The summed E-state index contributed by atoms with van der Waals surface area (Å²) in [5.41, 5.74) is 29.2. The van der Waals surface area contributed by atoms with E-state index in [1.807, 2.05) is 6.07 Å². The Morgan fingerprint density at radius 2 is 0.894 bits per heavy atom. The molecule has 2 aliphatic rings. The maximum atomic E-state index is 6.44. The molecule has 3 heterocycles. The molecule has 11 aromatic carbocycles. The summed E-state index contributed by atoms with van der Waals surface area (Å²) in [6.07, 6.45) is 0. The number of fused-ring (bicyclic) bond motifs is 7. The third-order valence-corrected chi connectivity index (χ3v) is 17.9. The van der Waals surface area contributed by atoms with E-state index in [0.717, 1.165) is 67.2 Å². The molecule has 0 aliphatic carbocycles. The molecule has 12 aromatic rings. The smallest absolute Gasteiger partial charge is 0.252 e. The van der Waals surface area contributed by atoms with E-state index in [1.54, 1.807) is 0 Å². The van der Waals surface area contributed by atoms with Gasteiger partial charge in [-0.1, -0.05) is 208 Å². The fourth-order valence-electron chi connectivity index (χ4n) is 13.5. The zero-order valence-corrected chi connectivity index (χ0v) is 50.8. The van der Waals surface area contributed by atoms with Gasteiger partial charge in [-0.25, -0.2) is 0 Å². The quantitative estimate of drug-likeness (QED) is 0.141. The molecule has 0 atom stereocenters. The molecule has 14 rings (SSSR count). The number of hydrogen-bond donors (Lipinski definition) is 0. The van der Waals surface area contributed by atoms with Gasteiger partial charge in [-0.05, 0) is 199 Å². The lowest BCUT2D eigenvalue weighted by atomic mass is 9.33. The van der Waals surface area contributed by atoms with Crippen molar-refractivity contribution < 1.29 is 4.42 Å². The molecule has 0 saturated carbocycles. The number of benzene rings is 11. The number of hydrogen-bond acceptors (Lipinski definition) is 4. The van der Waals surface area contributed by atoms with Crippen LogP contribution in [0.15, 0.2) is 241 Å². The van der Waals surface area contributed by atoms with E-state index in [9.17, 15) is 0 Å². The van der Waals surface area contributed by atoms with Crippen molar-refractivity contribution in [3.63, 3.8) is 0 Å². The second-order valence-corrected chi connectivity index (χ2v) is 26.7. The Bertz CT molecular complexity index is 4460. The first-order valence-electron chi connectivity index (χ1n) is 30.2. The van der Waals surface area contributed by atoms with E-state index in [2.05, 4.69) is 321 Å². The molecule has 0 radical (unpaired) electrons. The molecule has 0 spiro atoms. The molecule has 0 saturated heterocycles. The van der Waals surface area contributed by atoms with Crippen LogP contribution in [0.3, 0.4) is 0 Å². The van der Waals surface area contributed by atoms with Crippen molar-refractivity contribution in [1.82, 2.24) is 0 Å². The van der Waals surface area contributed by atoms with E-state index in [0.29, 0.717) is 0 Å². The third kappa shape index (κ3) is 9.33. The average Bonchev–Trinajstić information content (AvgIpc) is 1.42. The van der Waals surface area contributed by atoms with Crippen LogP contribution in [0.4, 0.5) is 51.2 Å². The fraction of sp³-hybridized carbons (Fsp3) is 0.175. The Morgan fingerprint density at radius 1 is 0.365 bits per heavy atom. The van der Waals surface area contributed by atoms with Gasteiger partial charge in [0.15, 0.2) is 0 Å². The molecule has 416 valence electrons. The van der Waals surface area contributed by atoms with Crippen LogP contribution in [-0.4, -0.2) is 6.71 Å². The molecular weight excluding hydrogens is 1030 g/mol. The van der Waals surface area contributed by atoms with Gasteiger partial charge in [-0.15, -0.1) is 0 Å². The Hall–Kier alpha value is -9.32. The summed E-state index contributed by atoms with van der Waals surface area (Å²) in [4.78, 5) is 7.63. The van der Waals surface area contributed by atoms with Crippen molar-refractivity contribution in [1.29, 1.82) is 0 Å². The van der Waals surface area contributed by atoms with Crippen molar-refractivity contribution in [2.45, 2.75) is 92.4 Å². The normalized spacial score (nSPS) is 13.0. The minimum absolute atomic E-state index is 0.00603. The van der Waals surface area contributed by atoms with Crippen LogP contribution >= 0.6 is 0 Å². The molecule has 1 aromatic heterocycles. The summed E-state index contributed by atoms with van der Waals surface area (Å²) in [6, 6.07) is 88.8. The van der Waals surface area contributed by atoms with E-state index >= 15 is 0 Å². The first-order valence-corrected chi connectivity index (χ1v) is 30.2. The van der Waals surface area contributed by atoms with E-state index in [-0.39, 0.29) is 23.0 Å². The summed E-state index contributed by atoms with van der Waals surface area (Å²) in [5.74, 6) is 0. The summed E-state index contributed by atoms with van der Waals surface area (Å²) in [5, 5.41) is 2.26. The summed E-state index contributed by atoms with van der Waals surface area (Å²) < 4.78 is 6.44. The Labute approximate surface area is 502 Å². The predicted molar refractivity (Wildman–Crippen MR) is 364 cm³/mol. The van der Waals surface area contributed by atoms with Gasteiger partial charge in [0.25, 0.3) is 6.71 Å². The van der Waals surface area contributed by atoms with Crippen LogP contribution in [0.5, 0.6) is 0 Å². The average molecular weight is 1100 g/mol. The molecular formula is C80H72BN3O. The van der Waals surface area contributed by atoms with E-state index < -0.39 is 0 Å². The van der Waals surface area contributed by atoms with Gasteiger partial charge in [-0.3, -0.25) is 0 Å². The molecule has 5 heteroatoms. The van der Waals surface area contributed by atoms with Gasteiger partial charge in [0.1, 0.15) is 11.2 Å². The number of aryl methyl sites for hydroxylation is 2. The standard InChI is InChI=1S/C80H72BN3O/c1-51-45-64(46-52(2)75(51)55-23-16-13-17-24-55)84-69-44-31-56(53-21-14-12-15-22-53)47-68(69)81-67-43-42-63(82(60-38-32-57(33-39-60)78(3,4)5)61-40-34-58(35-41-61)79(6,7)8)50-70(67)83(71-48-59(80(9,10)11)49-72(84)77(71)81)62-36-29-54(30-37-62)65-26-20-28-74-76(65)66-25-18-19-27-73(66)85-74/h12-50H,1-11H3. The number of rotatable bonds is 8. The molecule has 0 bridgehead atoms. The summed E-state index contributed by atoms with van der Waals surface area (Å²) in [7, 11) is 0. The zero-order chi connectivity index (χ0) is 58.7. The van der Waals surface area contributed by atoms with Crippen molar-refractivity contribution in [3.8, 4) is 33.4 Å². The number of anilines is 9. The van der Waals surface area contributed by atoms with Gasteiger partial charge in [0, 0.05) is 62.0 Å². The maximum absolute atomic E-state index is 6.44. The van der Waals surface area contributed by atoms with Crippen LogP contribution in [0, 0.1) is 13.8 Å². The van der Waals surface area contributed by atoms with Gasteiger partial charge in [0.05, 0.1) is 0 Å². The van der Waals surface area contributed by atoms with E-state index in [4.69, 9.17) is 4.42 Å². The Kier molecular flexibility index (Phi) is 12.8. The molecule has 85 heavy (non-hydrogen) atoms. The highest BCUT2D eigenvalue weighted by Crippen LogP contribution is 2.50. The largest absolute Gasteiger partial charge is 0.456 e. The van der Waals surface area contributed by atoms with Gasteiger partial charge >= 0.3 is 0 Å². The van der Waals surface area contributed by atoms with Crippen LogP contribution < -0.4 is 31.1 Å². The SMILES string of the molecule is Cc1cc(N2c3ccc(-c4ccccc4)cc3B3c4ccc(N(c5ccc(C(C)(C)C)cc5)c5ccc(C(C)(C)C)cc5)cc4N(c4ccc(-c5cccc6oc7ccccc7c56)cc4)c4cc(C(C)(C)C)cc2c43)cc(C)c1-c1ccccc1. The second kappa shape index (κ2) is 20.2. The topological polar surface area (TPSA) is 22.9 Å². The lowest BCUT2D eigenvalue weighted by molar-refractivity contribution is 0.590. The van der Waals surface area contributed by atoms with Crippen molar-refractivity contribution in [3.05, 3.63) is 264 Å². The molecule has 0 N–H and O–H groups in total. The number of para-hydroxylation sites is 1. The van der Waals surface area contributed by atoms with Crippen molar-refractivity contribution >= 4 is 96.2 Å². The summed E-state index contributed by atoms with van der Waals surface area (Å²) in [6.45, 7) is 25.3. The third-order valence-electron chi connectivity index (χ3n) is 17.9. The number of furan rings is 1. The molecule has 0 unspecified atom stereocenters. The highest BCUT2D eigenvalue weighted by molar-refractivity contribution is 7.00.